The molecule has 3 atom stereocenters. The first-order chi connectivity index (χ1) is 8.28. The van der Waals surface area contributed by atoms with Crippen LogP contribution in [0.15, 0.2) is 35.5 Å². The molecule has 0 N–H and O–H groups in total. The van der Waals surface area contributed by atoms with Crippen molar-refractivity contribution in [2.45, 2.75) is 39.0 Å². The molecule has 3 aliphatic carbocycles. The van der Waals surface area contributed by atoms with Gasteiger partial charge in [0, 0.05) is 5.92 Å². The van der Waals surface area contributed by atoms with Crippen LogP contribution in [0.3, 0.4) is 0 Å². The second-order valence-electron chi connectivity index (χ2n) is 5.71. The van der Waals surface area contributed by atoms with Crippen LogP contribution in [0.25, 0.3) is 0 Å². The smallest absolute Gasteiger partial charge is 0.163 e. The average Bonchev–Trinajstić information content (AvgIpc) is 2.32. The van der Waals surface area contributed by atoms with E-state index in [2.05, 4.69) is 12.2 Å². The lowest BCUT2D eigenvalue weighted by molar-refractivity contribution is -0.118. The third-order valence-electron chi connectivity index (χ3n) is 4.57. The maximum absolute atomic E-state index is 12.2. The Labute approximate surface area is 103 Å². The van der Waals surface area contributed by atoms with Gasteiger partial charge in [0.05, 0.1) is 0 Å². The Morgan fingerprint density at radius 2 is 2.12 bits per heavy atom. The summed E-state index contributed by atoms with van der Waals surface area (Å²) in [7, 11) is 0. The Kier molecular flexibility index (Phi) is 2.78. The van der Waals surface area contributed by atoms with Crippen molar-refractivity contribution in [3.8, 4) is 0 Å². The van der Waals surface area contributed by atoms with Crippen molar-refractivity contribution in [2.24, 2.45) is 17.8 Å². The minimum Gasteiger partial charge on any atom is -0.294 e. The van der Waals surface area contributed by atoms with Crippen molar-refractivity contribution >= 4 is 5.78 Å². The molecule has 2 fully saturated rings. The quantitative estimate of drug-likeness (QED) is 0.666. The van der Waals surface area contributed by atoms with Gasteiger partial charge in [-0.25, -0.2) is 0 Å². The molecule has 0 aromatic carbocycles. The van der Waals surface area contributed by atoms with Crippen molar-refractivity contribution in [1.29, 1.82) is 0 Å². The van der Waals surface area contributed by atoms with E-state index in [9.17, 15) is 4.79 Å². The maximum Gasteiger partial charge on any atom is 0.163 e. The van der Waals surface area contributed by atoms with E-state index in [1.807, 2.05) is 19.1 Å². The highest BCUT2D eigenvalue weighted by Gasteiger charge is 2.39. The summed E-state index contributed by atoms with van der Waals surface area (Å²) in [6.45, 7) is 2.01. The third-order valence-corrected chi connectivity index (χ3v) is 4.57. The number of ketones is 1. The van der Waals surface area contributed by atoms with Gasteiger partial charge >= 0.3 is 0 Å². The Bertz CT molecular complexity index is 425. The second-order valence-corrected chi connectivity index (χ2v) is 5.71. The van der Waals surface area contributed by atoms with Crippen molar-refractivity contribution in [2.75, 3.05) is 0 Å². The Hall–Kier alpha value is -1.11. The highest BCUT2D eigenvalue weighted by Crippen LogP contribution is 2.47. The molecule has 2 saturated carbocycles. The minimum absolute atomic E-state index is 0.230. The Morgan fingerprint density at radius 3 is 2.94 bits per heavy atom. The number of hydrogen-bond donors (Lipinski definition) is 0. The molecule has 90 valence electrons. The van der Waals surface area contributed by atoms with Crippen molar-refractivity contribution in [3.63, 3.8) is 0 Å². The van der Waals surface area contributed by atoms with Gasteiger partial charge in [0.15, 0.2) is 5.78 Å². The zero-order valence-corrected chi connectivity index (χ0v) is 10.5. The van der Waals surface area contributed by atoms with Gasteiger partial charge in [-0.1, -0.05) is 36.6 Å². The number of carbonyl (C=O) groups is 1. The summed E-state index contributed by atoms with van der Waals surface area (Å²) in [5.74, 6) is 2.10. The van der Waals surface area contributed by atoms with E-state index >= 15 is 0 Å². The number of fused-ring (bicyclic) bond motifs is 4. The monoisotopic (exact) mass is 228 g/mol. The third kappa shape index (κ3) is 1.92. The Balaban J connectivity index is 1.94. The molecule has 0 aliphatic heterocycles. The van der Waals surface area contributed by atoms with Crippen LogP contribution in [-0.4, -0.2) is 5.78 Å². The standard InChI is InChI=1S/C16H20O/c1-2-4-11-8-14-13-6-3-5-12(7-13)9-15(14)16(17)10-11/h2,4,8,10,12-13,15H,3,5-7,9H2,1H3/b4-2+/t12?,13-,15+/m1/s1. The zero-order valence-electron chi connectivity index (χ0n) is 10.5. The lowest BCUT2D eigenvalue weighted by Gasteiger charge is -2.41. The van der Waals surface area contributed by atoms with E-state index in [4.69, 9.17) is 0 Å². The molecule has 17 heavy (non-hydrogen) atoms. The molecule has 0 amide bonds. The van der Waals surface area contributed by atoms with Crippen LogP contribution in [-0.2, 0) is 4.79 Å². The predicted molar refractivity (Wildman–Crippen MR) is 69.5 cm³/mol. The summed E-state index contributed by atoms with van der Waals surface area (Å²) in [5, 5.41) is 0. The van der Waals surface area contributed by atoms with E-state index in [-0.39, 0.29) is 5.92 Å². The largest absolute Gasteiger partial charge is 0.294 e. The van der Waals surface area contributed by atoms with Gasteiger partial charge in [0.2, 0.25) is 0 Å². The van der Waals surface area contributed by atoms with E-state index in [1.165, 1.54) is 31.3 Å². The minimum atomic E-state index is 0.230. The topological polar surface area (TPSA) is 17.1 Å². The molecular formula is C16H20O. The van der Waals surface area contributed by atoms with Crippen LogP contribution in [0.4, 0.5) is 0 Å². The van der Waals surface area contributed by atoms with Gasteiger partial charge in [0.25, 0.3) is 0 Å². The first-order valence-electron chi connectivity index (χ1n) is 6.87. The predicted octanol–water partition coefficient (Wildman–Crippen LogP) is 3.82. The lowest BCUT2D eigenvalue weighted by atomic mass is 9.62. The molecule has 0 aromatic heterocycles. The second kappa shape index (κ2) is 4.29. The number of hydrogen-bond acceptors (Lipinski definition) is 1. The van der Waals surface area contributed by atoms with Gasteiger partial charge in [-0.2, -0.15) is 0 Å². The summed E-state index contributed by atoms with van der Waals surface area (Å²) in [6, 6.07) is 0. The molecule has 0 radical (unpaired) electrons. The fraction of sp³-hybridized carbons (Fsp3) is 0.562. The van der Waals surface area contributed by atoms with Gasteiger partial charge < -0.3 is 0 Å². The van der Waals surface area contributed by atoms with E-state index in [1.54, 1.807) is 0 Å². The molecule has 1 unspecified atom stereocenters. The first-order valence-corrected chi connectivity index (χ1v) is 6.87. The lowest BCUT2D eigenvalue weighted by Crippen LogP contribution is -2.34. The van der Waals surface area contributed by atoms with Crippen LogP contribution in [0.2, 0.25) is 0 Å². The summed E-state index contributed by atoms with van der Waals surface area (Å²) < 4.78 is 0. The van der Waals surface area contributed by atoms with Crippen LogP contribution >= 0.6 is 0 Å². The van der Waals surface area contributed by atoms with E-state index < -0.39 is 0 Å². The molecule has 0 aromatic rings. The number of rotatable bonds is 1. The molecule has 1 nitrogen and oxygen atoms in total. The van der Waals surface area contributed by atoms with Crippen LogP contribution < -0.4 is 0 Å². The number of carbonyl (C=O) groups excluding carboxylic acids is 1. The van der Waals surface area contributed by atoms with Crippen LogP contribution in [0.5, 0.6) is 0 Å². The van der Waals surface area contributed by atoms with Gasteiger partial charge in [-0.3, -0.25) is 4.79 Å². The summed E-state index contributed by atoms with van der Waals surface area (Å²) in [5.41, 5.74) is 2.55. The van der Waals surface area contributed by atoms with Crippen molar-refractivity contribution in [1.82, 2.24) is 0 Å². The van der Waals surface area contributed by atoms with E-state index in [0.717, 1.165) is 17.9 Å². The normalized spacial score (nSPS) is 36.5. The maximum atomic E-state index is 12.2. The van der Waals surface area contributed by atoms with Gasteiger partial charge in [-0.05, 0) is 49.7 Å². The fourth-order valence-corrected chi connectivity index (χ4v) is 3.85. The van der Waals surface area contributed by atoms with Gasteiger partial charge in [-0.15, -0.1) is 0 Å². The Morgan fingerprint density at radius 1 is 1.24 bits per heavy atom. The highest BCUT2D eigenvalue weighted by atomic mass is 16.1. The van der Waals surface area contributed by atoms with Crippen molar-refractivity contribution < 1.29 is 4.79 Å². The molecule has 2 bridgehead atoms. The SMILES string of the molecule is C/C=C/C1=CC(=O)[C@H]2CC3CCC[C@H](C3)C2=C1. The fourth-order valence-electron chi connectivity index (χ4n) is 3.85. The van der Waals surface area contributed by atoms with E-state index in [0.29, 0.717) is 11.7 Å². The summed E-state index contributed by atoms with van der Waals surface area (Å²) >= 11 is 0. The van der Waals surface area contributed by atoms with Crippen LogP contribution in [0, 0.1) is 17.8 Å². The molecule has 0 heterocycles. The first kappa shape index (κ1) is 11.0. The molecule has 0 spiro atoms. The molecule has 1 heteroatoms. The zero-order chi connectivity index (χ0) is 11.8. The summed E-state index contributed by atoms with van der Waals surface area (Å²) in [6.07, 6.45) is 14.6. The molecule has 0 saturated heterocycles. The molecule has 3 rings (SSSR count). The summed E-state index contributed by atoms with van der Waals surface area (Å²) in [4.78, 5) is 12.2. The van der Waals surface area contributed by atoms with Crippen LogP contribution in [0.1, 0.15) is 39.0 Å². The molecule has 3 aliphatic rings. The molecular weight excluding hydrogens is 208 g/mol. The number of allylic oxidation sites excluding steroid dienone is 6. The van der Waals surface area contributed by atoms with Gasteiger partial charge in [0.1, 0.15) is 0 Å². The van der Waals surface area contributed by atoms with Crippen molar-refractivity contribution in [3.05, 3.63) is 35.5 Å². The average molecular weight is 228 g/mol. The highest BCUT2D eigenvalue weighted by molar-refractivity contribution is 5.97.